The first-order chi connectivity index (χ1) is 7.72. The maximum absolute atomic E-state index is 9.01. The quantitative estimate of drug-likeness (QED) is 0.693. The molecule has 1 saturated carbocycles. The minimum absolute atomic E-state index is 0.325. The van der Waals surface area contributed by atoms with Crippen LogP contribution in [0.3, 0.4) is 0 Å². The van der Waals surface area contributed by atoms with Crippen LogP contribution in [0.25, 0.3) is 0 Å². The molecule has 1 fully saturated rings. The van der Waals surface area contributed by atoms with Crippen LogP contribution in [-0.4, -0.2) is 0 Å². The van der Waals surface area contributed by atoms with Crippen molar-refractivity contribution in [3.63, 3.8) is 0 Å². The van der Waals surface area contributed by atoms with Crippen molar-refractivity contribution in [2.45, 2.75) is 5.92 Å². The summed E-state index contributed by atoms with van der Waals surface area (Å²) in [5.41, 5.74) is -3.23. The van der Waals surface area contributed by atoms with Crippen LogP contribution in [0, 0.1) is 56.2 Å². The highest BCUT2D eigenvalue weighted by molar-refractivity contribution is 5.57. The van der Waals surface area contributed by atoms with Crippen LogP contribution in [0.15, 0.2) is 22.8 Å². The number of rotatable bonds is 1. The Morgan fingerprint density at radius 1 is 1.00 bits per heavy atom. The molecule has 1 aromatic heterocycles. The van der Waals surface area contributed by atoms with E-state index in [1.54, 1.807) is 36.4 Å². The second-order valence-electron chi connectivity index (χ2n) is 3.51. The molecule has 0 spiro atoms. The van der Waals surface area contributed by atoms with Gasteiger partial charge in [-0.3, -0.25) is 0 Å². The summed E-state index contributed by atoms with van der Waals surface area (Å²) < 4.78 is 5.07. The van der Waals surface area contributed by atoms with Crippen molar-refractivity contribution in [2.24, 2.45) is 10.8 Å². The van der Waals surface area contributed by atoms with Crippen molar-refractivity contribution in [2.75, 3.05) is 0 Å². The third-order valence-electron chi connectivity index (χ3n) is 2.94. The van der Waals surface area contributed by atoms with E-state index in [0.29, 0.717) is 5.76 Å². The molecule has 1 aliphatic carbocycles. The van der Waals surface area contributed by atoms with Gasteiger partial charge in [0.25, 0.3) is 0 Å². The van der Waals surface area contributed by atoms with Crippen molar-refractivity contribution < 1.29 is 4.42 Å². The molecule has 0 N–H and O–H groups in total. The van der Waals surface area contributed by atoms with Gasteiger partial charge >= 0.3 is 0 Å². The third-order valence-corrected chi connectivity index (χ3v) is 2.94. The molecule has 0 amide bonds. The van der Waals surface area contributed by atoms with Gasteiger partial charge in [0.15, 0.2) is 10.8 Å². The van der Waals surface area contributed by atoms with E-state index in [-0.39, 0.29) is 0 Å². The highest BCUT2D eigenvalue weighted by Crippen LogP contribution is 2.73. The molecule has 0 bridgehead atoms. The Morgan fingerprint density at radius 2 is 1.50 bits per heavy atom. The van der Waals surface area contributed by atoms with Crippen LogP contribution in [-0.2, 0) is 0 Å². The van der Waals surface area contributed by atoms with E-state index in [4.69, 9.17) is 25.5 Å². The first-order valence-electron chi connectivity index (χ1n) is 4.41. The minimum Gasteiger partial charge on any atom is -0.469 e. The highest BCUT2D eigenvalue weighted by atomic mass is 16.3. The Morgan fingerprint density at radius 3 is 1.81 bits per heavy atom. The lowest BCUT2D eigenvalue weighted by Gasteiger charge is -1.92. The molecule has 1 aromatic rings. The van der Waals surface area contributed by atoms with Gasteiger partial charge in [-0.05, 0) is 12.1 Å². The Balaban J connectivity index is 2.60. The van der Waals surface area contributed by atoms with Gasteiger partial charge in [-0.1, -0.05) is 0 Å². The molecule has 1 heterocycles. The molecular weight excluding hydrogens is 204 g/mol. The van der Waals surface area contributed by atoms with Gasteiger partial charge in [0.05, 0.1) is 36.5 Å². The molecule has 1 aliphatic rings. The van der Waals surface area contributed by atoms with E-state index in [1.165, 1.54) is 6.26 Å². The number of nitriles is 4. The Bertz CT molecular complexity index is 522. The average molecular weight is 208 g/mol. The molecule has 16 heavy (non-hydrogen) atoms. The monoisotopic (exact) mass is 208 g/mol. The van der Waals surface area contributed by atoms with E-state index in [9.17, 15) is 0 Å². The van der Waals surface area contributed by atoms with E-state index < -0.39 is 16.7 Å². The molecule has 5 nitrogen and oxygen atoms in total. The fourth-order valence-corrected chi connectivity index (χ4v) is 2.02. The molecule has 74 valence electrons. The maximum atomic E-state index is 9.01. The summed E-state index contributed by atoms with van der Waals surface area (Å²) in [6.45, 7) is 0. The summed E-state index contributed by atoms with van der Waals surface area (Å²) in [6.07, 6.45) is 1.38. The smallest absolute Gasteiger partial charge is 0.188 e. The second kappa shape index (κ2) is 2.86. The second-order valence-corrected chi connectivity index (χ2v) is 3.51. The fraction of sp³-hybridized carbons (Fsp3) is 0.273. The summed E-state index contributed by atoms with van der Waals surface area (Å²) in [5, 5.41) is 36.0. The zero-order valence-corrected chi connectivity index (χ0v) is 8.01. The van der Waals surface area contributed by atoms with Crippen molar-refractivity contribution in [3.05, 3.63) is 24.2 Å². The van der Waals surface area contributed by atoms with E-state index >= 15 is 0 Å². The number of furan rings is 1. The van der Waals surface area contributed by atoms with E-state index in [0.717, 1.165) is 0 Å². The average Bonchev–Trinajstić information content (AvgIpc) is 2.65. The summed E-state index contributed by atoms with van der Waals surface area (Å²) in [7, 11) is 0. The lowest BCUT2D eigenvalue weighted by molar-refractivity contribution is 0.498. The maximum Gasteiger partial charge on any atom is 0.188 e. The normalized spacial score (nSPS) is 19.8. The Kier molecular flexibility index (Phi) is 1.75. The van der Waals surface area contributed by atoms with Crippen molar-refractivity contribution in [1.82, 2.24) is 0 Å². The SMILES string of the molecule is N#CC1(C#N)C(c2ccco2)C1(C#N)C#N. The summed E-state index contributed by atoms with van der Waals surface area (Å²) in [4.78, 5) is 0. The number of nitrogens with zero attached hydrogens (tertiary/aromatic N) is 4. The standard InChI is InChI=1S/C11H4N4O/c12-4-10(5-13)9(8-2-1-3-16-8)11(10,6-14)7-15/h1-3,9H. The molecule has 0 unspecified atom stereocenters. The minimum atomic E-state index is -1.62. The molecule has 0 saturated heterocycles. The van der Waals surface area contributed by atoms with Crippen LogP contribution in [0.1, 0.15) is 11.7 Å². The summed E-state index contributed by atoms with van der Waals surface area (Å²) in [6, 6.07) is 10.2. The number of hydrogen-bond donors (Lipinski definition) is 0. The van der Waals surface area contributed by atoms with Gasteiger partial charge in [0.1, 0.15) is 5.76 Å². The van der Waals surface area contributed by atoms with Crippen molar-refractivity contribution in [1.29, 1.82) is 21.0 Å². The predicted octanol–water partition coefficient (Wildman–Crippen LogP) is 1.44. The van der Waals surface area contributed by atoms with Crippen LogP contribution in [0.4, 0.5) is 0 Å². The molecular formula is C11H4N4O. The fourth-order valence-electron chi connectivity index (χ4n) is 2.02. The van der Waals surface area contributed by atoms with Gasteiger partial charge < -0.3 is 4.42 Å². The van der Waals surface area contributed by atoms with E-state index in [2.05, 4.69) is 0 Å². The summed E-state index contributed by atoms with van der Waals surface area (Å²) in [5.74, 6) is -0.466. The van der Waals surface area contributed by atoms with Crippen LogP contribution < -0.4 is 0 Å². The molecule has 0 aliphatic heterocycles. The highest BCUT2D eigenvalue weighted by Gasteiger charge is 2.83. The van der Waals surface area contributed by atoms with Gasteiger partial charge in [0, 0.05) is 0 Å². The van der Waals surface area contributed by atoms with Crippen molar-refractivity contribution >= 4 is 0 Å². The molecule has 0 aromatic carbocycles. The Hall–Kier alpha value is -2.76. The summed E-state index contributed by atoms with van der Waals surface area (Å²) >= 11 is 0. The Labute approximate surface area is 91.3 Å². The predicted molar refractivity (Wildman–Crippen MR) is 48.8 cm³/mol. The van der Waals surface area contributed by atoms with Gasteiger partial charge in [0.2, 0.25) is 0 Å². The molecule has 0 atom stereocenters. The van der Waals surface area contributed by atoms with Crippen LogP contribution >= 0.6 is 0 Å². The molecule has 5 heteroatoms. The molecule has 2 rings (SSSR count). The molecule has 0 radical (unpaired) electrons. The van der Waals surface area contributed by atoms with E-state index in [1.807, 2.05) is 0 Å². The van der Waals surface area contributed by atoms with Crippen LogP contribution in [0.2, 0.25) is 0 Å². The zero-order valence-electron chi connectivity index (χ0n) is 8.01. The van der Waals surface area contributed by atoms with Gasteiger partial charge in [-0.25, -0.2) is 0 Å². The first-order valence-corrected chi connectivity index (χ1v) is 4.41. The topological polar surface area (TPSA) is 108 Å². The first kappa shape index (κ1) is 9.78. The number of hydrogen-bond acceptors (Lipinski definition) is 5. The largest absolute Gasteiger partial charge is 0.469 e. The van der Waals surface area contributed by atoms with Gasteiger partial charge in [-0.15, -0.1) is 0 Å². The van der Waals surface area contributed by atoms with Crippen molar-refractivity contribution in [3.8, 4) is 24.3 Å². The van der Waals surface area contributed by atoms with Gasteiger partial charge in [-0.2, -0.15) is 21.0 Å². The lowest BCUT2D eigenvalue weighted by atomic mass is 9.98. The lowest BCUT2D eigenvalue weighted by Crippen LogP contribution is -2.05. The van der Waals surface area contributed by atoms with Crippen LogP contribution in [0.5, 0.6) is 0 Å². The third kappa shape index (κ3) is 0.765. The zero-order chi connectivity index (χ0) is 11.8.